The smallest absolute Gasteiger partial charge is 0.401 e. The maximum absolute atomic E-state index is 12.4. The van der Waals surface area contributed by atoms with Gasteiger partial charge in [0.15, 0.2) is 5.75 Å². The van der Waals surface area contributed by atoms with Crippen LogP contribution in [0.2, 0.25) is 0 Å². The van der Waals surface area contributed by atoms with Crippen LogP contribution < -0.4 is 4.52 Å². The van der Waals surface area contributed by atoms with Crippen molar-refractivity contribution in [1.82, 2.24) is 0 Å². The molecule has 20 heavy (non-hydrogen) atoms. The van der Waals surface area contributed by atoms with Gasteiger partial charge in [-0.15, -0.1) is 0 Å². The summed E-state index contributed by atoms with van der Waals surface area (Å²) in [6.45, 7) is 3.86. The molecule has 0 atom stereocenters. The monoisotopic (exact) mass is 620 g/mol. The van der Waals surface area contributed by atoms with Gasteiger partial charge in [-0.3, -0.25) is 9.05 Å². The Morgan fingerprint density at radius 2 is 1.15 bits per heavy atom. The zero-order chi connectivity index (χ0) is 15.5. The highest BCUT2D eigenvalue weighted by Gasteiger charge is 2.31. The SMILES string of the molecule is CCOP(=O)(OCC)Oc1c(Br)c(Br)c(Br)c(Br)c1Br. The van der Waals surface area contributed by atoms with E-state index in [-0.39, 0.29) is 13.2 Å². The molecule has 0 saturated carbocycles. The lowest BCUT2D eigenvalue weighted by Gasteiger charge is -2.20. The third-order valence-corrected chi connectivity index (χ3v) is 9.52. The molecule has 0 aliphatic heterocycles. The third kappa shape index (κ3) is 4.54. The van der Waals surface area contributed by atoms with E-state index in [9.17, 15) is 4.57 Å². The van der Waals surface area contributed by atoms with Crippen LogP contribution in [0.15, 0.2) is 22.4 Å². The molecule has 1 aromatic carbocycles. The first-order valence-corrected chi connectivity index (χ1v) is 10.8. The van der Waals surface area contributed by atoms with E-state index in [1.807, 2.05) is 0 Å². The maximum atomic E-state index is 12.4. The minimum Gasteiger partial charge on any atom is -0.401 e. The molecule has 1 aromatic rings. The summed E-state index contributed by atoms with van der Waals surface area (Å²) in [6, 6.07) is 0. The summed E-state index contributed by atoms with van der Waals surface area (Å²) in [6.07, 6.45) is 0. The van der Waals surface area contributed by atoms with Gasteiger partial charge in [-0.05, 0) is 93.5 Å². The van der Waals surface area contributed by atoms with Gasteiger partial charge in [-0.2, -0.15) is 0 Å². The first-order chi connectivity index (χ1) is 9.27. The van der Waals surface area contributed by atoms with Gasteiger partial charge in [0.05, 0.1) is 31.1 Å². The van der Waals surface area contributed by atoms with Gasteiger partial charge in [0.1, 0.15) is 0 Å². The molecule has 0 aromatic heterocycles. The van der Waals surface area contributed by atoms with Gasteiger partial charge in [0.25, 0.3) is 0 Å². The van der Waals surface area contributed by atoms with Crippen molar-refractivity contribution in [3.63, 3.8) is 0 Å². The summed E-state index contributed by atoms with van der Waals surface area (Å²) in [4.78, 5) is 0. The molecule has 0 aliphatic rings. The molecule has 114 valence electrons. The maximum Gasteiger partial charge on any atom is 0.530 e. The minimum absolute atomic E-state index is 0.214. The van der Waals surface area contributed by atoms with Crippen molar-refractivity contribution >= 4 is 87.5 Å². The highest BCUT2D eigenvalue weighted by atomic mass is 79.9. The average Bonchev–Trinajstić information content (AvgIpc) is 2.40. The summed E-state index contributed by atoms with van der Waals surface area (Å²) in [5.74, 6) is 0.317. The van der Waals surface area contributed by atoms with Crippen LogP contribution in [0.3, 0.4) is 0 Å². The summed E-state index contributed by atoms with van der Waals surface area (Å²) in [5.41, 5.74) is 0. The zero-order valence-corrected chi connectivity index (χ0v) is 19.2. The van der Waals surface area contributed by atoms with Gasteiger partial charge in [-0.1, -0.05) is 0 Å². The van der Waals surface area contributed by atoms with Crippen molar-refractivity contribution in [2.45, 2.75) is 13.8 Å². The van der Waals surface area contributed by atoms with Gasteiger partial charge < -0.3 is 4.52 Å². The normalized spacial score (nSPS) is 11.8. The van der Waals surface area contributed by atoms with Crippen molar-refractivity contribution in [1.29, 1.82) is 0 Å². The van der Waals surface area contributed by atoms with E-state index in [1.54, 1.807) is 13.8 Å². The van der Waals surface area contributed by atoms with Crippen molar-refractivity contribution < 1.29 is 18.1 Å². The van der Waals surface area contributed by atoms with E-state index in [4.69, 9.17) is 13.6 Å². The number of hydrogen-bond donors (Lipinski definition) is 0. The van der Waals surface area contributed by atoms with Crippen LogP contribution in [0.5, 0.6) is 5.75 Å². The van der Waals surface area contributed by atoms with E-state index < -0.39 is 7.82 Å². The van der Waals surface area contributed by atoms with Crippen LogP contribution in [0, 0.1) is 0 Å². The number of hydrogen-bond acceptors (Lipinski definition) is 4. The van der Waals surface area contributed by atoms with Crippen molar-refractivity contribution in [3.8, 4) is 5.75 Å². The highest BCUT2D eigenvalue weighted by Crippen LogP contribution is 2.56. The fourth-order valence-electron chi connectivity index (χ4n) is 1.18. The fraction of sp³-hybridized carbons (Fsp3) is 0.400. The van der Waals surface area contributed by atoms with Crippen LogP contribution in [0.4, 0.5) is 0 Å². The Kier molecular flexibility index (Phi) is 8.27. The van der Waals surface area contributed by atoms with Crippen LogP contribution in [-0.4, -0.2) is 13.2 Å². The zero-order valence-electron chi connectivity index (χ0n) is 10.4. The minimum atomic E-state index is -3.67. The molecule has 0 radical (unpaired) electrons. The van der Waals surface area contributed by atoms with Crippen molar-refractivity contribution in [2.75, 3.05) is 13.2 Å². The van der Waals surface area contributed by atoms with Gasteiger partial charge in [0.2, 0.25) is 0 Å². The Labute approximate surface area is 159 Å². The van der Waals surface area contributed by atoms with Gasteiger partial charge in [0, 0.05) is 4.47 Å². The number of rotatable bonds is 6. The Bertz CT molecular complexity index is 512. The van der Waals surface area contributed by atoms with E-state index in [1.165, 1.54) is 0 Å². The molecule has 0 fully saturated rings. The van der Waals surface area contributed by atoms with Crippen LogP contribution in [0.1, 0.15) is 13.8 Å². The molecular weight excluding hydrogens is 615 g/mol. The standard InChI is InChI=1S/C10H10Br5O4P/c1-3-17-20(16,18-4-2)19-10-8(14)6(12)5(11)7(13)9(10)15/h3-4H2,1-2H3. The molecule has 0 aliphatic carbocycles. The molecule has 0 heterocycles. The Hall–Kier alpha value is 1.57. The van der Waals surface area contributed by atoms with Crippen LogP contribution >= 0.6 is 87.5 Å². The second kappa shape index (κ2) is 8.43. The molecule has 0 unspecified atom stereocenters. The molecule has 10 heteroatoms. The molecule has 0 bridgehead atoms. The second-order valence-corrected chi connectivity index (χ2v) is 8.83. The average molecular weight is 625 g/mol. The number of benzene rings is 1. The molecule has 0 spiro atoms. The Balaban J connectivity index is 3.30. The molecule has 4 nitrogen and oxygen atoms in total. The summed E-state index contributed by atoms with van der Waals surface area (Å²) < 4.78 is 31.6. The lowest BCUT2D eigenvalue weighted by atomic mass is 10.3. The second-order valence-electron chi connectivity index (χ2n) is 3.27. The molecule has 0 amide bonds. The van der Waals surface area contributed by atoms with E-state index in [0.29, 0.717) is 23.6 Å². The van der Waals surface area contributed by atoms with E-state index in [2.05, 4.69) is 79.6 Å². The third-order valence-electron chi connectivity index (χ3n) is 1.95. The quantitative estimate of drug-likeness (QED) is 0.193. The molecule has 1 rings (SSSR count). The Morgan fingerprint density at radius 1 is 0.800 bits per heavy atom. The highest BCUT2D eigenvalue weighted by molar-refractivity contribution is 9.15. The topological polar surface area (TPSA) is 44.8 Å². The fourth-order valence-corrected chi connectivity index (χ4v) is 5.82. The summed E-state index contributed by atoms with van der Waals surface area (Å²) >= 11 is 17.0. The predicted octanol–water partition coefficient (Wildman–Crippen LogP) is 7.06. The molecular formula is C10H10Br5O4P. The van der Waals surface area contributed by atoms with Gasteiger partial charge >= 0.3 is 7.82 Å². The first kappa shape index (κ1) is 19.6. The number of phosphoric acid groups is 1. The number of halogens is 5. The Morgan fingerprint density at radius 3 is 1.50 bits per heavy atom. The first-order valence-electron chi connectivity index (χ1n) is 5.37. The van der Waals surface area contributed by atoms with Gasteiger partial charge in [-0.25, -0.2) is 4.57 Å². The molecule has 0 N–H and O–H groups in total. The summed E-state index contributed by atoms with van der Waals surface area (Å²) in [7, 11) is -3.67. The van der Waals surface area contributed by atoms with Crippen LogP contribution in [-0.2, 0) is 13.6 Å². The number of phosphoric ester groups is 1. The van der Waals surface area contributed by atoms with E-state index >= 15 is 0 Å². The van der Waals surface area contributed by atoms with E-state index in [0.717, 1.165) is 4.47 Å². The largest absolute Gasteiger partial charge is 0.530 e. The van der Waals surface area contributed by atoms with Crippen molar-refractivity contribution in [3.05, 3.63) is 22.4 Å². The predicted molar refractivity (Wildman–Crippen MR) is 96.4 cm³/mol. The van der Waals surface area contributed by atoms with Crippen molar-refractivity contribution in [2.24, 2.45) is 0 Å². The lowest BCUT2D eigenvalue weighted by molar-refractivity contribution is 0.167. The van der Waals surface area contributed by atoms with Crippen LogP contribution in [0.25, 0.3) is 0 Å². The summed E-state index contributed by atoms with van der Waals surface area (Å²) in [5, 5.41) is 0. The lowest BCUT2D eigenvalue weighted by Crippen LogP contribution is -2.03. The molecule has 0 saturated heterocycles.